The van der Waals surface area contributed by atoms with E-state index in [-0.39, 0.29) is 11.1 Å². The van der Waals surface area contributed by atoms with Crippen LogP contribution in [0.4, 0.5) is 5.69 Å². The number of ether oxygens (including phenoxy) is 2. The highest BCUT2D eigenvalue weighted by Gasteiger charge is 2.14. The van der Waals surface area contributed by atoms with Crippen molar-refractivity contribution in [3.05, 3.63) is 29.3 Å². The fourth-order valence-electron chi connectivity index (χ4n) is 1.45. The lowest BCUT2D eigenvalue weighted by Gasteiger charge is -2.12. The molecule has 0 bridgehead atoms. The average molecular weight is 279 g/mol. The largest absolute Gasteiger partial charge is 0.497 e. The first-order valence-corrected chi connectivity index (χ1v) is 5.84. The summed E-state index contributed by atoms with van der Waals surface area (Å²) in [5, 5.41) is 11.5. The molecule has 1 amide bonds. The smallest absolute Gasteiger partial charge is 0.331 e. The first kappa shape index (κ1) is 15.6. The van der Waals surface area contributed by atoms with E-state index in [1.54, 1.807) is 18.2 Å². The van der Waals surface area contributed by atoms with Crippen molar-refractivity contribution in [1.82, 2.24) is 0 Å². The van der Waals surface area contributed by atoms with Gasteiger partial charge >= 0.3 is 5.97 Å². The zero-order valence-corrected chi connectivity index (χ0v) is 11.8. The minimum Gasteiger partial charge on any atom is -0.497 e. The second-order valence-corrected chi connectivity index (χ2v) is 4.08. The Balaban J connectivity index is 3.02. The topological polar surface area (TPSA) is 84.9 Å². The molecule has 1 rings (SSSR count). The summed E-state index contributed by atoms with van der Waals surface area (Å²) in [5.74, 6) is -0.597. The van der Waals surface area contributed by atoms with Gasteiger partial charge < -0.3 is 19.9 Å². The maximum atomic E-state index is 12.0. The maximum absolute atomic E-state index is 12.0. The van der Waals surface area contributed by atoms with Crippen molar-refractivity contribution in [2.24, 2.45) is 0 Å². The second-order valence-electron chi connectivity index (χ2n) is 4.08. The molecule has 0 aliphatic carbocycles. The molecule has 0 spiro atoms. The summed E-state index contributed by atoms with van der Waals surface area (Å²) in [5.41, 5.74) is 0.571. The maximum Gasteiger partial charge on any atom is 0.331 e. The molecule has 20 heavy (non-hydrogen) atoms. The van der Waals surface area contributed by atoms with E-state index < -0.39 is 11.9 Å². The summed E-state index contributed by atoms with van der Waals surface area (Å²) in [6, 6.07) is 4.92. The van der Waals surface area contributed by atoms with Crippen LogP contribution in [0.5, 0.6) is 11.5 Å². The molecule has 6 nitrogen and oxygen atoms in total. The number of anilines is 1. The fourth-order valence-corrected chi connectivity index (χ4v) is 1.45. The van der Waals surface area contributed by atoms with Gasteiger partial charge in [0, 0.05) is 17.2 Å². The molecule has 6 heteroatoms. The number of hydrogen-bond donors (Lipinski definition) is 2. The molecular weight excluding hydrogens is 262 g/mol. The number of carboxylic acids is 1. The van der Waals surface area contributed by atoms with E-state index in [0.29, 0.717) is 17.2 Å². The highest BCUT2D eigenvalue weighted by molar-refractivity contribution is 6.08. The summed E-state index contributed by atoms with van der Waals surface area (Å²) < 4.78 is 10.2. The van der Waals surface area contributed by atoms with Crippen LogP contribution in [-0.4, -0.2) is 31.2 Å². The molecule has 0 fully saturated rings. The Bertz CT molecular complexity index is 563. The van der Waals surface area contributed by atoms with Crippen molar-refractivity contribution < 1.29 is 24.2 Å². The molecule has 0 atom stereocenters. The van der Waals surface area contributed by atoms with Crippen LogP contribution < -0.4 is 14.8 Å². The second kappa shape index (κ2) is 6.60. The van der Waals surface area contributed by atoms with Crippen molar-refractivity contribution in [2.75, 3.05) is 19.5 Å². The average Bonchev–Trinajstić information content (AvgIpc) is 2.45. The number of benzene rings is 1. The zero-order chi connectivity index (χ0) is 15.3. The van der Waals surface area contributed by atoms with Gasteiger partial charge in [0.05, 0.1) is 19.9 Å². The number of aliphatic carboxylic acids is 1. The molecule has 0 unspecified atom stereocenters. The van der Waals surface area contributed by atoms with Crippen molar-refractivity contribution >= 4 is 17.6 Å². The Morgan fingerprint density at radius 3 is 2.25 bits per heavy atom. The minimum atomic E-state index is -1.13. The predicted molar refractivity (Wildman–Crippen MR) is 74.2 cm³/mol. The van der Waals surface area contributed by atoms with E-state index >= 15 is 0 Å². The van der Waals surface area contributed by atoms with E-state index in [1.165, 1.54) is 28.1 Å². The van der Waals surface area contributed by atoms with E-state index in [1.807, 2.05) is 0 Å². The molecular formula is C14H17NO5. The lowest BCUT2D eigenvalue weighted by molar-refractivity contribution is -0.133. The molecule has 0 aliphatic heterocycles. The van der Waals surface area contributed by atoms with Crippen molar-refractivity contribution in [1.29, 1.82) is 0 Å². The lowest BCUT2D eigenvalue weighted by atomic mass is 10.1. The molecule has 0 saturated carbocycles. The van der Waals surface area contributed by atoms with E-state index in [0.717, 1.165) is 0 Å². The first-order valence-electron chi connectivity index (χ1n) is 5.84. The molecule has 0 saturated heterocycles. The molecule has 0 heterocycles. The molecule has 1 aromatic rings. The number of hydrogen-bond acceptors (Lipinski definition) is 4. The van der Waals surface area contributed by atoms with Gasteiger partial charge in [-0.1, -0.05) is 0 Å². The Kier molecular flexibility index (Phi) is 5.14. The van der Waals surface area contributed by atoms with Crippen LogP contribution in [0.1, 0.15) is 13.8 Å². The minimum absolute atomic E-state index is 0.00465. The third-order valence-electron chi connectivity index (χ3n) is 2.88. The third-order valence-corrected chi connectivity index (χ3v) is 2.88. The number of methoxy groups -OCH3 is 2. The third kappa shape index (κ3) is 3.50. The molecule has 2 N–H and O–H groups in total. The van der Waals surface area contributed by atoms with Gasteiger partial charge in [-0.15, -0.1) is 0 Å². The predicted octanol–water partition coefficient (Wildman–Crippen LogP) is 2.06. The van der Waals surface area contributed by atoms with Crippen LogP contribution in [-0.2, 0) is 9.59 Å². The number of amides is 1. The van der Waals surface area contributed by atoms with E-state index in [2.05, 4.69) is 5.32 Å². The van der Waals surface area contributed by atoms with E-state index in [4.69, 9.17) is 14.6 Å². The molecule has 108 valence electrons. The van der Waals surface area contributed by atoms with Crippen LogP contribution >= 0.6 is 0 Å². The van der Waals surface area contributed by atoms with Gasteiger partial charge in [0.15, 0.2) is 0 Å². The number of carbonyl (C=O) groups excluding carboxylic acids is 1. The van der Waals surface area contributed by atoms with Gasteiger partial charge in [-0.05, 0) is 26.0 Å². The quantitative estimate of drug-likeness (QED) is 0.806. The number of carboxylic acid groups (broad SMARTS) is 1. The molecule has 1 aromatic carbocycles. The number of carbonyl (C=O) groups is 2. The monoisotopic (exact) mass is 279 g/mol. The normalized spacial score (nSPS) is 11.4. The number of nitrogens with one attached hydrogen (secondary N) is 1. The van der Waals surface area contributed by atoms with Gasteiger partial charge in [-0.3, -0.25) is 4.79 Å². The van der Waals surface area contributed by atoms with Gasteiger partial charge in [-0.2, -0.15) is 0 Å². The summed E-state index contributed by atoms with van der Waals surface area (Å²) in [7, 11) is 2.99. The van der Waals surface area contributed by atoms with Gasteiger partial charge in [0.2, 0.25) is 0 Å². The highest BCUT2D eigenvalue weighted by atomic mass is 16.5. The fraction of sp³-hybridized carbons (Fsp3) is 0.286. The Hall–Kier alpha value is -2.50. The SMILES string of the molecule is COc1ccc(NC(=O)/C(C)=C(/C)C(=O)O)c(OC)c1. The van der Waals surface area contributed by atoms with E-state index in [9.17, 15) is 9.59 Å². The van der Waals surface area contributed by atoms with Crippen LogP contribution in [0.2, 0.25) is 0 Å². The Morgan fingerprint density at radius 2 is 1.75 bits per heavy atom. The number of rotatable bonds is 5. The molecule has 0 aliphatic rings. The Labute approximate surface area is 117 Å². The standard InChI is InChI=1S/C14H17NO5/c1-8(9(2)14(17)18)13(16)15-11-6-5-10(19-3)7-12(11)20-4/h5-7H,1-4H3,(H,15,16)(H,17,18)/b9-8-. The van der Waals surface area contributed by atoms with Crippen molar-refractivity contribution in [3.8, 4) is 11.5 Å². The van der Waals surface area contributed by atoms with Crippen LogP contribution in [0, 0.1) is 0 Å². The van der Waals surface area contributed by atoms with Gasteiger partial charge in [0.25, 0.3) is 5.91 Å². The molecule has 0 radical (unpaired) electrons. The van der Waals surface area contributed by atoms with Gasteiger partial charge in [-0.25, -0.2) is 4.79 Å². The molecule has 0 aromatic heterocycles. The van der Waals surface area contributed by atoms with Crippen LogP contribution in [0.3, 0.4) is 0 Å². The van der Waals surface area contributed by atoms with Gasteiger partial charge in [0.1, 0.15) is 11.5 Å². The highest BCUT2D eigenvalue weighted by Crippen LogP contribution is 2.29. The first-order chi connectivity index (χ1) is 9.40. The summed E-state index contributed by atoms with van der Waals surface area (Å²) >= 11 is 0. The summed E-state index contributed by atoms with van der Waals surface area (Å²) in [6.45, 7) is 2.83. The lowest BCUT2D eigenvalue weighted by Crippen LogP contribution is -2.16. The summed E-state index contributed by atoms with van der Waals surface area (Å²) in [6.07, 6.45) is 0. The van der Waals surface area contributed by atoms with Crippen molar-refractivity contribution in [3.63, 3.8) is 0 Å². The zero-order valence-electron chi connectivity index (χ0n) is 11.8. The Morgan fingerprint density at radius 1 is 1.10 bits per heavy atom. The van der Waals surface area contributed by atoms with Crippen molar-refractivity contribution in [2.45, 2.75) is 13.8 Å². The van der Waals surface area contributed by atoms with Crippen LogP contribution in [0.25, 0.3) is 0 Å². The van der Waals surface area contributed by atoms with Crippen LogP contribution in [0.15, 0.2) is 29.3 Å². The summed E-state index contributed by atoms with van der Waals surface area (Å²) in [4.78, 5) is 22.8.